The number of hydrogen-bond acceptors (Lipinski definition) is 1. The minimum Gasteiger partial charge on any atom is -0.264 e. The van der Waals surface area contributed by atoms with Gasteiger partial charge in [0, 0.05) is 12.4 Å². The van der Waals surface area contributed by atoms with E-state index in [1.165, 1.54) is 50.5 Å². The number of pyridine rings is 1. The molecular formula is C20H23N. The predicted octanol–water partition coefficient (Wildman–Crippen LogP) is 4.70. The maximum Gasteiger partial charge on any atom is 0.0299 e. The van der Waals surface area contributed by atoms with Gasteiger partial charge in [0.2, 0.25) is 0 Å². The smallest absolute Gasteiger partial charge is 0.0299 e. The standard InChI is InChI=1S/C20H23N/c1-5-17-6-2-8-19-13-16(12-18(7-1)20(17)19)10-9-15-4-3-11-21-14-15/h1,3-5,7,11,14,16,19H,2,6,8-10,12-13H2/t16-,19+/m0/s1. The predicted molar refractivity (Wildman–Crippen MR) is 86.5 cm³/mol. The van der Waals surface area contributed by atoms with Crippen LogP contribution in [0.4, 0.5) is 0 Å². The van der Waals surface area contributed by atoms with Crippen LogP contribution in [-0.2, 0) is 19.3 Å². The summed E-state index contributed by atoms with van der Waals surface area (Å²) in [6, 6.07) is 11.3. The van der Waals surface area contributed by atoms with Crippen molar-refractivity contribution in [3.05, 3.63) is 65.0 Å². The molecule has 0 fully saturated rings. The first kappa shape index (κ1) is 13.1. The quantitative estimate of drug-likeness (QED) is 0.792. The fourth-order valence-electron chi connectivity index (χ4n) is 4.44. The van der Waals surface area contributed by atoms with Crippen LogP contribution >= 0.6 is 0 Å². The maximum atomic E-state index is 4.24. The number of hydrogen-bond donors (Lipinski definition) is 0. The van der Waals surface area contributed by atoms with Crippen molar-refractivity contribution < 1.29 is 0 Å². The molecule has 1 heteroatoms. The molecule has 4 rings (SSSR count). The number of nitrogens with zero attached hydrogens (tertiary/aromatic N) is 1. The number of aromatic nitrogens is 1. The summed E-state index contributed by atoms with van der Waals surface area (Å²) in [4.78, 5) is 4.24. The Morgan fingerprint density at radius 3 is 2.95 bits per heavy atom. The van der Waals surface area contributed by atoms with Crippen LogP contribution in [0.3, 0.4) is 0 Å². The highest BCUT2D eigenvalue weighted by atomic mass is 14.6. The van der Waals surface area contributed by atoms with Gasteiger partial charge in [0.25, 0.3) is 0 Å². The molecule has 0 unspecified atom stereocenters. The Bertz CT molecular complexity index is 617. The van der Waals surface area contributed by atoms with Crippen LogP contribution in [0.15, 0.2) is 42.7 Å². The molecule has 108 valence electrons. The third-order valence-corrected chi connectivity index (χ3v) is 5.38. The Morgan fingerprint density at radius 2 is 2.05 bits per heavy atom. The highest BCUT2D eigenvalue weighted by Crippen LogP contribution is 2.44. The van der Waals surface area contributed by atoms with Crippen LogP contribution in [-0.4, -0.2) is 4.98 Å². The molecule has 0 bridgehead atoms. The van der Waals surface area contributed by atoms with Gasteiger partial charge in [0.05, 0.1) is 0 Å². The Hall–Kier alpha value is -1.63. The first-order valence-electron chi connectivity index (χ1n) is 8.40. The minimum atomic E-state index is 0.845. The topological polar surface area (TPSA) is 12.9 Å². The molecule has 1 heterocycles. The van der Waals surface area contributed by atoms with Crippen LogP contribution in [0, 0.1) is 5.92 Å². The first-order valence-corrected chi connectivity index (χ1v) is 8.40. The zero-order valence-corrected chi connectivity index (χ0v) is 12.6. The van der Waals surface area contributed by atoms with E-state index in [-0.39, 0.29) is 0 Å². The van der Waals surface area contributed by atoms with Gasteiger partial charge in [0.1, 0.15) is 0 Å². The van der Waals surface area contributed by atoms with Crippen molar-refractivity contribution in [1.29, 1.82) is 0 Å². The highest BCUT2D eigenvalue weighted by Gasteiger charge is 2.30. The van der Waals surface area contributed by atoms with Crippen LogP contribution in [0.2, 0.25) is 0 Å². The summed E-state index contributed by atoms with van der Waals surface area (Å²) in [5, 5.41) is 0. The van der Waals surface area contributed by atoms with Crippen molar-refractivity contribution in [2.75, 3.05) is 0 Å². The van der Waals surface area contributed by atoms with Gasteiger partial charge in [0.15, 0.2) is 0 Å². The Morgan fingerprint density at radius 1 is 1.10 bits per heavy atom. The zero-order valence-electron chi connectivity index (χ0n) is 12.6. The van der Waals surface area contributed by atoms with Gasteiger partial charge in [-0.3, -0.25) is 4.98 Å². The monoisotopic (exact) mass is 277 g/mol. The summed E-state index contributed by atoms with van der Waals surface area (Å²) in [6.45, 7) is 0. The lowest BCUT2D eigenvalue weighted by molar-refractivity contribution is 0.353. The van der Waals surface area contributed by atoms with E-state index in [9.17, 15) is 0 Å². The number of aryl methyl sites for hydroxylation is 2. The van der Waals surface area contributed by atoms with E-state index in [2.05, 4.69) is 35.3 Å². The second-order valence-electron chi connectivity index (χ2n) is 6.78. The van der Waals surface area contributed by atoms with Gasteiger partial charge < -0.3 is 0 Å². The van der Waals surface area contributed by atoms with E-state index in [4.69, 9.17) is 0 Å². The minimum absolute atomic E-state index is 0.845. The fraction of sp³-hybridized carbons (Fsp3) is 0.450. The molecule has 21 heavy (non-hydrogen) atoms. The van der Waals surface area contributed by atoms with Gasteiger partial charge in [-0.25, -0.2) is 0 Å². The fourth-order valence-corrected chi connectivity index (χ4v) is 4.44. The molecule has 2 aliphatic rings. The van der Waals surface area contributed by atoms with Crippen molar-refractivity contribution in [3.63, 3.8) is 0 Å². The van der Waals surface area contributed by atoms with Gasteiger partial charge >= 0.3 is 0 Å². The Balaban J connectivity index is 1.50. The zero-order chi connectivity index (χ0) is 14.1. The molecule has 0 radical (unpaired) electrons. The number of benzene rings is 1. The summed E-state index contributed by atoms with van der Waals surface area (Å²) in [7, 11) is 0. The second-order valence-corrected chi connectivity index (χ2v) is 6.78. The van der Waals surface area contributed by atoms with Crippen LogP contribution in [0.1, 0.15) is 53.9 Å². The van der Waals surface area contributed by atoms with Crippen LogP contribution in [0.5, 0.6) is 0 Å². The average molecular weight is 277 g/mol. The van der Waals surface area contributed by atoms with E-state index in [0.717, 1.165) is 11.8 Å². The number of rotatable bonds is 3. The first-order chi connectivity index (χ1) is 10.4. The molecule has 0 saturated heterocycles. The summed E-state index contributed by atoms with van der Waals surface area (Å²) in [5.41, 5.74) is 6.43. The summed E-state index contributed by atoms with van der Waals surface area (Å²) < 4.78 is 0. The molecule has 0 amide bonds. The molecular weight excluding hydrogens is 254 g/mol. The second kappa shape index (κ2) is 5.63. The van der Waals surface area contributed by atoms with Crippen LogP contribution in [0.25, 0.3) is 0 Å². The molecule has 0 spiro atoms. The van der Waals surface area contributed by atoms with E-state index < -0.39 is 0 Å². The Labute approximate surface area is 127 Å². The van der Waals surface area contributed by atoms with Gasteiger partial charge in [-0.1, -0.05) is 24.3 Å². The summed E-state index contributed by atoms with van der Waals surface area (Å²) in [6.07, 6.45) is 13.2. The highest BCUT2D eigenvalue weighted by molar-refractivity contribution is 5.41. The molecule has 2 atom stereocenters. The largest absolute Gasteiger partial charge is 0.264 e. The molecule has 1 aromatic heterocycles. The van der Waals surface area contributed by atoms with Gasteiger partial charge in [-0.2, -0.15) is 0 Å². The van der Waals surface area contributed by atoms with Crippen molar-refractivity contribution in [3.8, 4) is 0 Å². The van der Waals surface area contributed by atoms with Crippen molar-refractivity contribution in [1.82, 2.24) is 4.98 Å². The molecule has 0 saturated carbocycles. The van der Waals surface area contributed by atoms with E-state index in [1.807, 2.05) is 12.4 Å². The molecule has 0 N–H and O–H groups in total. The third kappa shape index (κ3) is 2.62. The molecule has 2 aliphatic carbocycles. The van der Waals surface area contributed by atoms with Crippen molar-refractivity contribution in [2.45, 2.75) is 50.9 Å². The van der Waals surface area contributed by atoms with E-state index >= 15 is 0 Å². The van der Waals surface area contributed by atoms with Gasteiger partial charge in [-0.15, -0.1) is 0 Å². The molecule has 1 aromatic carbocycles. The SMILES string of the molecule is c1cncc(CC[C@H]2Cc3cccc4c3[C@H](CCC4)C2)c1. The maximum absolute atomic E-state index is 4.24. The van der Waals surface area contributed by atoms with Crippen molar-refractivity contribution >= 4 is 0 Å². The van der Waals surface area contributed by atoms with Crippen molar-refractivity contribution in [2.24, 2.45) is 5.92 Å². The third-order valence-electron chi connectivity index (χ3n) is 5.38. The average Bonchev–Trinajstić information content (AvgIpc) is 2.54. The molecule has 1 nitrogen and oxygen atoms in total. The lowest BCUT2D eigenvalue weighted by atomic mass is 9.69. The van der Waals surface area contributed by atoms with E-state index in [1.54, 1.807) is 16.7 Å². The molecule has 2 aromatic rings. The lowest BCUT2D eigenvalue weighted by Gasteiger charge is -2.36. The molecule has 0 aliphatic heterocycles. The van der Waals surface area contributed by atoms with E-state index in [0.29, 0.717) is 0 Å². The normalized spacial score (nSPS) is 23.6. The van der Waals surface area contributed by atoms with Crippen LogP contribution < -0.4 is 0 Å². The summed E-state index contributed by atoms with van der Waals surface area (Å²) in [5.74, 6) is 1.70. The lowest BCUT2D eigenvalue weighted by Crippen LogP contribution is -2.23. The van der Waals surface area contributed by atoms with Gasteiger partial charge in [-0.05, 0) is 85.1 Å². The Kier molecular flexibility index (Phi) is 3.50. The summed E-state index contributed by atoms with van der Waals surface area (Å²) >= 11 is 0.